The van der Waals surface area contributed by atoms with Gasteiger partial charge in [-0.25, -0.2) is 0 Å². The van der Waals surface area contributed by atoms with Gasteiger partial charge in [0.25, 0.3) is 0 Å². The van der Waals surface area contributed by atoms with E-state index in [9.17, 15) is 4.79 Å². The second-order valence-corrected chi connectivity index (χ2v) is 6.68. The Morgan fingerprint density at radius 3 is 3.10 bits per heavy atom. The van der Waals surface area contributed by atoms with Crippen molar-refractivity contribution in [2.24, 2.45) is 0 Å². The van der Waals surface area contributed by atoms with Crippen molar-refractivity contribution in [1.29, 1.82) is 0 Å². The van der Waals surface area contributed by atoms with Crippen LogP contribution in [0.4, 0.5) is 0 Å². The van der Waals surface area contributed by atoms with Gasteiger partial charge >= 0.3 is 0 Å². The molecule has 104 valence electrons. The smallest absolute Gasteiger partial charge is 0.247 e. The van der Waals surface area contributed by atoms with Gasteiger partial charge in [0.15, 0.2) is 0 Å². The van der Waals surface area contributed by atoms with Crippen molar-refractivity contribution in [2.45, 2.75) is 25.8 Å². The fourth-order valence-corrected chi connectivity index (χ4v) is 4.29. The summed E-state index contributed by atoms with van der Waals surface area (Å²) in [5.41, 5.74) is 2.45. The number of rotatable bonds is 3. The van der Waals surface area contributed by atoms with Crippen LogP contribution < -0.4 is 0 Å². The molecule has 20 heavy (non-hydrogen) atoms. The van der Waals surface area contributed by atoms with Gasteiger partial charge in [-0.2, -0.15) is 11.3 Å². The molecule has 2 aromatic rings. The lowest BCUT2D eigenvalue weighted by atomic mass is 9.97. The minimum Gasteiger partial charge on any atom is -0.332 e. The van der Waals surface area contributed by atoms with Crippen LogP contribution in [0.5, 0.6) is 0 Å². The first kappa shape index (κ1) is 13.6. The molecule has 1 unspecified atom stereocenters. The van der Waals surface area contributed by atoms with E-state index in [1.807, 2.05) is 39.1 Å². The van der Waals surface area contributed by atoms with Gasteiger partial charge in [-0.05, 0) is 58.3 Å². The third-order valence-electron chi connectivity index (χ3n) is 3.73. The molecule has 1 atom stereocenters. The fourth-order valence-electron chi connectivity index (χ4n) is 2.73. The Morgan fingerprint density at radius 1 is 1.45 bits per heavy atom. The Morgan fingerprint density at radius 2 is 2.35 bits per heavy atom. The molecule has 3 rings (SSSR count). The number of amides is 1. The summed E-state index contributed by atoms with van der Waals surface area (Å²) in [5.74, 6) is 0.125. The Balaban J connectivity index is 1.78. The van der Waals surface area contributed by atoms with Gasteiger partial charge in [0, 0.05) is 17.5 Å². The third-order valence-corrected chi connectivity index (χ3v) is 5.42. The molecule has 4 heteroatoms. The van der Waals surface area contributed by atoms with Crippen LogP contribution in [0.3, 0.4) is 0 Å². The Hall–Kier alpha value is -1.39. The van der Waals surface area contributed by atoms with Crippen molar-refractivity contribution >= 4 is 34.7 Å². The SMILES string of the molecule is CCC1c2ccsc2CCN1C(=O)/C=C/c1ccsc1. The second-order valence-electron chi connectivity index (χ2n) is 4.89. The molecule has 1 amide bonds. The number of fused-ring (bicyclic) bond motifs is 1. The molecular weight excluding hydrogens is 286 g/mol. The highest BCUT2D eigenvalue weighted by Gasteiger charge is 2.29. The molecule has 2 aromatic heterocycles. The van der Waals surface area contributed by atoms with E-state index in [2.05, 4.69) is 18.4 Å². The van der Waals surface area contributed by atoms with Crippen LogP contribution in [-0.2, 0) is 11.2 Å². The Bertz CT molecular complexity index is 612. The number of nitrogens with zero attached hydrogens (tertiary/aromatic N) is 1. The Kier molecular flexibility index (Phi) is 4.03. The maximum atomic E-state index is 12.4. The van der Waals surface area contributed by atoms with Crippen LogP contribution in [0.15, 0.2) is 34.3 Å². The van der Waals surface area contributed by atoms with Gasteiger partial charge in [0.05, 0.1) is 6.04 Å². The first-order valence-electron chi connectivity index (χ1n) is 6.86. The average Bonchev–Trinajstić information content (AvgIpc) is 3.14. The minimum absolute atomic E-state index is 0.125. The van der Waals surface area contributed by atoms with Crippen molar-refractivity contribution < 1.29 is 4.79 Å². The highest BCUT2D eigenvalue weighted by atomic mass is 32.1. The van der Waals surface area contributed by atoms with Crippen LogP contribution in [0.2, 0.25) is 0 Å². The van der Waals surface area contributed by atoms with Crippen molar-refractivity contribution in [3.05, 3.63) is 50.4 Å². The number of carbonyl (C=O) groups excluding carboxylic acids is 1. The minimum atomic E-state index is 0.125. The number of carbonyl (C=O) groups is 1. The van der Waals surface area contributed by atoms with Gasteiger partial charge in [-0.15, -0.1) is 11.3 Å². The zero-order chi connectivity index (χ0) is 13.9. The summed E-state index contributed by atoms with van der Waals surface area (Å²) in [4.78, 5) is 15.9. The summed E-state index contributed by atoms with van der Waals surface area (Å²) in [5, 5.41) is 6.22. The largest absolute Gasteiger partial charge is 0.332 e. The van der Waals surface area contributed by atoms with Crippen LogP contribution >= 0.6 is 22.7 Å². The monoisotopic (exact) mass is 303 g/mol. The second kappa shape index (κ2) is 5.94. The molecule has 2 nitrogen and oxygen atoms in total. The number of thiophene rings is 2. The lowest BCUT2D eigenvalue weighted by Gasteiger charge is -2.34. The van der Waals surface area contributed by atoms with Crippen LogP contribution in [0, 0.1) is 0 Å². The molecule has 3 heterocycles. The van der Waals surface area contributed by atoms with E-state index >= 15 is 0 Å². The van der Waals surface area contributed by atoms with E-state index in [0.717, 1.165) is 24.9 Å². The first-order valence-corrected chi connectivity index (χ1v) is 8.69. The molecule has 0 fully saturated rings. The fraction of sp³-hybridized carbons (Fsp3) is 0.312. The molecule has 0 bridgehead atoms. The zero-order valence-electron chi connectivity index (χ0n) is 11.4. The van der Waals surface area contributed by atoms with Gasteiger partial charge in [-0.1, -0.05) is 6.92 Å². The zero-order valence-corrected chi connectivity index (χ0v) is 13.0. The van der Waals surface area contributed by atoms with Gasteiger partial charge in [0.1, 0.15) is 0 Å². The lowest BCUT2D eigenvalue weighted by molar-refractivity contribution is -0.128. The van der Waals surface area contributed by atoms with Crippen LogP contribution in [0.1, 0.15) is 35.4 Å². The topological polar surface area (TPSA) is 20.3 Å². The maximum absolute atomic E-state index is 12.4. The maximum Gasteiger partial charge on any atom is 0.247 e. The van der Waals surface area contributed by atoms with Crippen molar-refractivity contribution in [2.75, 3.05) is 6.54 Å². The van der Waals surface area contributed by atoms with Gasteiger partial charge in [-0.3, -0.25) is 4.79 Å². The summed E-state index contributed by atoms with van der Waals surface area (Å²) < 4.78 is 0. The van der Waals surface area contributed by atoms with E-state index < -0.39 is 0 Å². The van der Waals surface area contributed by atoms with Crippen molar-refractivity contribution in [3.63, 3.8) is 0 Å². The van der Waals surface area contributed by atoms with Crippen LogP contribution in [0.25, 0.3) is 6.08 Å². The van der Waals surface area contributed by atoms with E-state index in [1.165, 1.54) is 10.4 Å². The summed E-state index contributed by atoms with van der Waals surface area (Å²) in [6, 6.07) is 4.44. The highest BCUT2D eigenvalue weighted by Crippen LogP contribution is 2.35. The van der Waals surface area contributed by atoms with Crippen molar-refractivity contribution in [3.8, 4) is 0 Å². The van der Waals surface area contributed by atoms with Crippen molar-refractivity contribution in [1.82, 2.24) is 4.90 Å². The van der Waals surface area contributed by atoms with Crippen LogP contribution in [-0.4, -0.2) is 17.4 Å². The quantitative estimate of drug-likeness (QED) is 0.772. The highest BCUT2D eigenvalue weighted by molar-refractivity contribution is 7.10. The molecule has 0 saturated heterocycles. The van der Waals surface area contributed by atoms with E-state index in [-0.39, 0.29) is 11.9 Å². The number of hydrogen-bond donors (Lipinski definition) is 0. The standard InChI is InChI=1S/C16H17NOS2/c1-2-14-13-7-10-20-15(13)5-8-17(14)16(18)4-3-12-6-9-19-11-12/h3-4,6-7,9-11,14H,2,5,8H2,1H3/b4-3+. The molecule has 0 N–H and O–H groups in total. The third kappa shape index (κ3) is 2.58. The summed E-state index contributed by atoms with van der Waals surface area (Å²) in [6.07, 6.45) is 5.58. The molecule has 0 spiro atoms. The number of hydrogen-bond acceptors (Lipinski definition) is 3. The van der Waals surface area contributed by atoms with Gasteiger partial charge in [0.2, 0.25) is 5.91 Å². The lowest BCUT2D eigenvalue weighted by Crippen LogP contribution is -2.38. The van der Waals surface area contributed by atoms with E-state index in [0.29, 0.717) is 0 Å². The first-order chi connectivity index (χ1) is 9.79. The summed E-state index contributed by atoms with van der Waals surface area (Å²) >= 11 is 3.46. The summed E-state index contributed by atoms with van der Waals surface area (Å²) in [7, 11) is 0. The molecule has 0 aliphatic carbocycles. The molecule has 0 radical (unpaired) electrons. The average molecular weight is 303 g/mol. The van der Waals surface area contributed by atoms with E-state index in [4.69, 9.17) is 0 Å². The molecule has 0 aromatic carbocycles. The summed E-state index contributed by atoms with van der Waals surface area (Å²) in [6.45, 7) is 2.99. The molecule has 1 aliphatic heterocycles. The van der Waals surface area contributed by atoms with E-state index in [1.54, 1.807) is 17.4 Å². The van der Waals surface area contributed by atoms with Gasteiger partial charge < -0.3 is 4.90 Å². The molecular formula is C16H17NOS2. The Labute approximate surface area is 127 Å². The predicted octanol–water partition coefficient (Wildman–Crippen LogP) is 4.36. The predicted molar refractivity (Wildman–Crippen MR) is 86.1 cm³/mol. The normalized spacial score (nSPS) is 18.4. The molecule has 0 saturated carbocycles. The molecule has 1 aliphatic rings.